The first-order valence-corrected chi connectivity index (χ1v) is 12.0. The normalized spacial score (nSPS) is 24.5. The van der Waals surface area contributed by atoms with E-state index in [0.29, 0.717) is 4.90 Å². The van der Waals surface area contributed by atoms with Gasteiger partial charge in [-0.25, -0.2) is 0 Å². The Balaban J connectivity index is 1.94. The van der Waals surface area contributed by atoms with E-state index in [9.17, 15) is 74.1 Å². The van der Waals surface area contributed by atoms with Crippen molar-refractivity contribution in [1.82, 2.24) is 15.1 Å². The molecule has 3 amide bonds. The molecular weight excluding hydrogens is 562 g/mol. The molecule has 41 heavy (non-hydrogen) atoms. The molecule has 0 aromatic carbocycles. The van der Waals surface area contributed by atoms with Gasteiger partial charge in [-0.3, -0.25) is 19.2 Å². The number of carbonyl (C=O) groups is 8. The van der Waals surface area contributed by atoms with Crippen LogP contribution in [0.4, 0.5) is 0 Å². The summed E-state index contributed by atoms with van der Waals surface area (Å²) in [7, 11) is 0. The zero-order valence-corrected chi connectivity index (χ0v) is 21.2. The number of rotatable bonds is 15. The Morgan fingerprint density at radius 2 is 1.49 bits per heavy atom. The van der Waals surface area contributed by atoms with Gasteiger partial charge >= 0.3 is 5.97 Å². The molecule has 2 heterocycles. The van der Waals surface area contributed by atoms with Crippen molar-refractivity contribution in [3.05, 3.63) is 0 Å². The predicted molar refractivity (Wildman–Crippen MR) is 114 cm³/mol. The standard InChI is InChI=1S/C22H29N3O16/c26-12(23-6-3-11(16(30)31)25-14(28)2-5-22(25,40)19(36)37)9-20(38,17(32)33)10-15(29)41-8-7-24-13(27)1-4-21(24,39)18(34)35/h11,38-40H,1-10H2,(H,23,26)(H,30,31)(H,32,33)(H,34,35)(H,36,37)/p-4. The molecule has 2 aliphatic rings. The summed E-state index contributed by atoms with van der Waals surface area (Å²) in [5.74, 6) is -13.0. The van der Waals surface area contributed by atoms with Gasteiger partial charge in [0.25, 0.3) is 0 Å². The van der Waals surface area contributed by atoms with E-state index < -0.39 is 129 Å². The lowest BCUT2D eigenvalue weighted by Gasteiger charge is -2.40. The minimum absolute atomic E-state index is 0.126. The maximum absolute atomic E-state index is 12.2. The summed E-state index contributed by atoms with van der Waals surface area (Å²) in [4.78, 5) is 94.1. The number of aliphatic hydroxyl groups is 3. The fourth-order valence-corrected chi connectivity index (χ4v) is 4.42. The molecule has 4 atom stereocenters. The van der Waals surface area contributed by atoms with Gasteiger partial charge in [0.15, 0.2) is 11.4 Å². The van der Waals surface area contributed by atoms with Gasteiger partial charge in [-0.2, -0.15) is 0 Å². The van der Waals surface area contributed by atoms with Crippen LogP contribution in [-0.4, -0.2) is 115 Å². The van der Waals surface area contributed by atoms with E-state index in [1.165, 1.54) is 0 Å². The molecule has 2 aliphatic heterocycles. The van der Waals surface area contributed by atoms with Crippen molar-refractivity contribution in [3.8, 4) is 0 Å². The molecule has 0 saturated carbocycles. The van der Waals surface area contributed by atoms with Crippen molar-refractivity contribution >= 4 is 47.6 Å². The predicted octanol–water partition coefficient (Wildman–Crippen LogP) is -9.46. The van der Waals surface area contributed by atoms with Crippen molar-refractivity contribution in [2.45, 2.75) is 68.0 Å². The lowest BCUT2D eigenvalue weighted by Crippen LogP contribution is -2.64. The molecule has 228 valence electrons. The topological polar surface area (TPSA) is 317 Å². The molecule has 0 radical (unpaired) electrons. The second kappa shape index (κ2) is 12.4. The van der Waals surface area contributed by atoms with Gasteiger partial charge in [0.05, 0.1) is 49.3 Å². The average Bonchev–Trinajstić information content (AvgIpc) is 3.33. The number of ether oxygens (including phenoxy) is 1. The van der Waals surface area contributed by atoms with Crippen LogP contribution < -0.4 is 25.7 Å². The maximum Gasteiger partial charge on any atom is 0.309 e. The number of aliphatic carboxylic acids is 4. The Labute approximate surface area is 229 Å². The van der Waals surface area contributed by atoms with E-state index in [2.05, 4.69) is 4.74 Å². The summed E-state index contributed by atoms with van der Waals surface area (Å²) in [5.41, 5.74) is -8.76. The van der Waals surface area contributed by atoms with E-state index in [0.717, 1.165) is 0 Å². The molecule has 4 unspecified atom stereocenters. The van der Waals surface area contributed by atoms with Gasteiger partial charge in [-0.15, -0.1) is 0 Å². The van der Waals surface area contributed by atoms with Crippen molar-refractivity contribution in [2.24, 2.45) is 0 Å². The second-order valence-corrected chi connectivity index (χ2v) is 9.38. The zero-order valence-electron chi connectivity index (χ0n) is 21.2. The third-order valence-electron chi connectivity index (χ3n) is 6.61. The molecule has 0 bridgehead atoms. The third kappa shape index (κ3) is 7.05. The third-order valence-corrected chi connectivity index (χ3v) is 6.61. The highest BCUT2D eigenvalue weighted by molar-refractivity contribution is 5.92. The first-order valence-electron chi connectivity index (χ1n) is 12.0. The van der Waals surface area contributed by atoms with Crippen molar-refractivity contribution < 1.29 is 78.8 Å². The summed E-state index contributed by atoms with van der Waals surface area (Å²) in [5, 5.41) is 77.9. The van der Waals surface area contributed by atoms with Crippen LogP contribution in [0.3, 0.4) is 0 Å². The molecular formula is C22H25N3O16-4. The summed E-state index contributed by atoms with van der Waals surface area (Å²) in [6.45, 7) is -2.04. The number of nitrogens with one attached hydrogen (secondary N) is 1. The highest BCUT2D eigenvalue weighted by atomic mass is 16.5. The number of carbonyl (C=O) groups excluding carboxylic acids is 8. The lowest BCUT2D eigenvalue weighted by atomic mass is 9.95. The van der Waals surface area contributed by atoms with Crippen LogP contribution in [0.5, 0.6) is 0 Å². The minimum Gasteiger partial charge on any atom is -0.548 e. The molecule has 0 aromatic heterocycles. The van der Waals surface area contributed by atoms with Crippen molar-refractivity contribution in [1.29, 1.82) is 0 Å². The van der Waals surface area contributed by atoms with Crippen LogP contribution in [0, 0.1) is 0 Å². The minimum atomic E-state index is -3.16. The quantitative estimate of drug-likeness (QED) is 0.129. The molecule has 19 nitrogen and oxygen atoms in total. The van der Waals surface area contributed by atoms with Crippen LogP contribution in [0.15, 0.2) is 0 Å². The molecule has 19 heteroatoms. The number of nitrogens with zero attached hydrogens (tertiary/aromatic N) is 2. The Kier molecular flexibility index (Phi) is 9.96. The first kappa shape index (κ1) is 32.8. The highest BCUT2D eigenvalue weighted by Gasteiger charge is 2.49. The van der Waals surface area contributed by atoms with E-state index in [1.54, 1.807) is 0 Å². The number of carboxylic acid groups (broad SMARTS) is 4. The Bertz CT molecular complexity index is 1140. The van der Waals surface area contributed by atoms with Crippen LogP contribution in [-0.2, 0) is 43.1 Å². The Hall–Kier alpha value is -4.36. The van der Waals surface area contributed by atoms with Crippen LogP contribution >= 0.6 is 0 Å². The van der Waals surface area contributed by atoms with Gasteiger partial charge < -0.3 is 74.8 Å². The number of esters is 1. The summed E-state index contributed by atoms with van der Waals surface area (Å²) < 4.78 is 4.67. The molecule has 2 fully saturated rings. The average molecular weight is 587 g/mol. The molecule has 2 saturated heterocycles. The smallest absolute Gasteiger partial charge is 0.309 e. The van der Waals surface area contributed by atoms with Crippen LogP contribution in [0.2, 0.25) is 0 Å². The summed E-state index contributed by atoms with van der Waals surface area (Å²) in [6.07, 6.45) is -5.46. The molecule has 4 N–H and O–H groups in total. The monoisotopic (exact) mass is 587 g/mol. The number of carboxylic acids is 4. The fourth-order valence-electron chi connectivity index (χ4n) is 4.42. The van der Waals surface area contributed by atoms with E-state index in [1.807, 2.05) is 5.32 Å². The number of likely N-dealkylation sites (tertiary alicyclic amines) is 2. The van der Waals surface area contributed by atoms with Gasteiger partial charge in [0.2, 0.25) is 17.7 Å². The SMILES string of the molecule is O=C(CC(O)(CC(=O)OCCN1C(=O)CCC1(O)C(=O)[O-])C(=O)[O-])NCCC(C(=O)[O-])N1C(=O)CCC1(O)C(=O)[O-]. The number of hydrogen-bond acceptors (Lipinski definition) is 16. The summed E-state index contributed by atoms with van der Waals surface area (Å²) in [6, 6.07) is -2.06. The highest BCUT2D eigenvalue weighted by Crippen LogP contribution is 2.31. The first-order chi connectivity index (χ1) is 18.9. The second-order valence-electron chi connectivity index (χ2n) is 9.38. The van der Waals surface area contributed by atoms with Crippen molar-refractivity contribution in [2.75, 3.05) is 19.7 Å². The molecule has 0 aromatic rings. The van der Waals surface area contributed by atoms with E-state index in [-0.39, 0.29) is 11.3 Å². The molecule has 2 rings (SSSR count). The Morgan fingerprint density at radius 1 is 0.927 bits per heavy atom. The van der Waals surface area contributed by atoms with Gasteiger partial charge in [0.1, 0.15) is 12.2 Å². The zero-order chi connectivity index (χ0) is 31.3. The van der Waals surface area contributed by atoms with Crippen LogP contribution in [0.25, 0.3) is 0 Å². The van der Waals surface area contributed by atoms with Gasteiger partial charge in [-0.1, -0.05) is 0 Å². The fraction of sp³-hybridized carbons (Fsp3) is 0.636. The van der Waals surface area contributed by atoms with E-state index >= 15 is 0 Å². The Morgan fingerprint density at radius 3 is 2.02 bits per heavy atom. The number of amides is 3. The molecule has 0 spiro atoms. The van der Waals surface area contributed by atoms with Gasteiger partial charge in [0, 0.05) is 32.2 Å². The van der Waals surface area contributed by atoms with Gasteiger partial charge in [-0.05, 0) is 6.42 Å². The number of hydrogen-bond donors (Lipinski definition) is 4. The largest absolute Gasteiger partial charge is 0.548 e. The van der Waals surface area contributed by atoms with E-state index in [4.69, 9.17) is 0 Å². The summed E-state index contributed by atoms with van der Waals surface area (Å²) >= 11 is 0. The van der Waals surface area contributed by atoms with Crippen LogP contribution in [0.1, 0.15) is 44.9 Å². The molecule has 0 aliphatic carbocycles. The van der Waals surface area contributed by atoms with Crippen molar-refractivity contribution in [3.63, 3.8) is 0 Å². The lowest BCUT2D eigenvalue weighted by molar-refractivity contribution is -0.339. The maximum atomic E-state index is 12.2.